The first-order valence-electron chi connectivity index (χ1n) is 7.42. The summed E-state index contributed by atoms with van der Waals surface area (Å²) in [5.74, 6) is 0.193. The van der Waals surface area contributed by atoms with E-state index in [1.165, 1.54) is 28.7 Å². The lowest BCUT2D eigenvalue weighted by atomic mass is 10.2. The van der Waals surface area contributed by atoms with Crippen molar-refractivity contribution in [3.8, 4) is 5.82 Å². The number of thiazole rings is 1. The first-order chi connectivity index (χ1) is 12.2. The molecule has 1 N–H and O–H groups in total. The normalized spacial score (nSPS) is 11.8. The summed E-state index contributed by atoms with van der Waals surface area (Å²) in [5.41, 5.74) is 4.10. The summed E-state index contributed by atoms with van der Waals surface area (Å²) in [5, 5.41) is 8.24. The molecule has 0 radical (unpaired) electrons. The van der Waals surface area contributed by atoms with Gasteiger partial charge in [-0.2, -0.15) is 5.10 Å². The van der Waals surface area contributed by atoms with Gasteiger partial charge in [-0.05, 0) is 24.3 Å². The van der Waals surface area contributed by atoms with E-state index < -0.39 is 0 Å². The summed E-state index contributed by atoms with van der Waals surface area (Å²) in [6.45, 7) is 0. The number of hydrogen-bond donors (Lipinski definition) is 1. The van der Waals surface area contributed by atoms with Gasteiger partial charge in [-0.3, -0.25) is 4.79 Å². The Morgan fingerprint density at radius 1 is 1.28 bits per heavy atom. The SMILES string of the molecule is Cn1c(=NNC(=O)c2ccnc(-n3cncn3)c2)sc2ccccc21. The van der Waals surface area contributed by atoms with Crippen LogP contribution in [0.5, 0.6) is 0 Å². The molecule has 1 amide bonds. The molecule has 0 aliphatic heterocycles. The van der Waals surface area contributed by atoms with Crippen LogP contribution in [-0.2, 0) is 7.05 Å². The second-order valence-corrected chi connectivity index (χ2v) is 6.22. The average molecular weight is 351 g/mol. The lowest BCUT2D eigenvalue weighted by molar-refractivity contribution is 0.0953. The highest BCUT2D eigenvalue weighted by Gasteiger charge is 2.08. The zero-order valence-corrected chi connectivity index (χ0v) is 14.0. The summed E-state index contributed by atoms with van der Waals surface area (Å²) in [6, 6.07) is 11.2. The number of hydrogen-bond acceptors (Lipinski definition) is 6. The van der Waals surface area contributed by atoms with Crippen LogP contribution in [0.2, 0.25) is 0 Å². The fourth-order valence-corrected chi connectivity index (χ4v) is 3.34. The van der Waals surface area contributed by atoms with Crippen LogP contribution in [0.1, 0.15) is 10.4 Å². The summed E-state index contributed by atoms with van der Waals surface area (Å²) >= 11 is 1.51. The Morgan fingerprint density at radius 3 is 2.96 bits per heavy atom. The number of nitrogens with zero attached hydrogens (tertiary/aromatic N) is 6. The van der Waals surface area contributed by atoms with Gasteiger partial charge in [0.2, 0.25) is 4.80 Å². The third kappa shape index (κ3) is 2.92. The number of benzene rings is 1. The maximum absolute atomic E-state index is 12.4. The van der Waals surface area contributed by atoms with Crippen molar-refractivity contribution in [2.75, 3.05) is 0 Å². The Balaban J connectivity index is 1.62. The van der Waals surface area contributed by atoms with E-state index >= 15 is 0 Å². The fraction of sp³-hybridized carbons (Fsp3) is 0.0625. The highest BCUT2D eigenvalue weighted by Crippen LogP contribution is 2.15. The number of aromatic nitrogens is 5. The van der Waals surface area contributed by atoms with Crippen LogP contribution in [0.3, 0.4) is 0 Å². The number of rotatable bonds is 3. The third-order valence-corrected chi connectivity index (χ3v) is 4.74. The van der Waals surface area contributed by atoms with Gasteiger partial charge >= 0.3 is 0 Å². The van der Waals surface area contributed by atoms with E-state index in [1.54, 1.807) is 18.3 Å². The monoisotopic (exact) mass is 351 g/mol. The zero-order valence-electron chi connectivity index (χ0n) is 13.2. The Morgan fingerprint density at radius 2 is 2.16 bits per heavy atom. The maximum Gasteiger partial charge on any atom is 0.271 e. The molecule has 4 rings (SSSR count). The molecule has 0 saturated carbocycles. The Labute approximate surface area is 146 Å². The smallest absolute Gasteiger partial charge is 0.271 e. The first-order valence-corrected chi connectivity index (χ1v) is 8.24. The number of amides is 1. The van der Waals surface area contributed by atoms with Crippen LogP contribution in [0, 0.1) is 0 Å². The molecule has 9 heteroatoms. The fourth-order valence-electron chi connectivity index (χ4n) is 2.36. The van der Waals surface area contributed by atoms with Crippen molar-refractivity contribution in [3.63, 3.8) is 0 Å². The molecule has 0 aliphatic rings. The number of carbonyl (C=O) groups excluding carboxylic acids is 1. The minimum absolute atomic E-state index is 0.318. The molecule has 3 heterocycles. The molecule has 25 heavy (non-hydrogen) atoms. The van der Waals surface area contributed by atoms with E-state index in [4.69, 9.17) is 0 Å². The Bertz CT molecular complexity index is 1110. The molecule has 0 spiro atoms. The highest BCUT2D eigenvalue weighted by molar-refractivity contribution is 7.16. The van der Waals surface area contributed by atoms with Crippen molar-refractivity contribution in [2.45, 2.75) is 0 Å². The average Bonchev–Trinajstić information content (AvgIpc) is 3.29. The lowest BCUT2D eigenvalue weighted by Gasteiger charge is -2.02. The van der Waals surface area contributed by atoms with E-state index in [9.17, 15) is 4.79 Å². The second-order valence-electron chi connectivity index (χ2n) is 5.21. The van der Waals surface area contributed by atoms with Gasteiger partial charge in [-0.15, -0.1) is 5.10 Å². The predicted octanol–water partition coefficient (Wildman–Crippen LogP) is 1.46. The molecular formula is C16H13N7OS. The Kier molecular flexibility index (Phi) is 3.82. The third-order valence-electron chi connectivity index (χ3n) is 3.63. The van der Waals surface area contributed by atoms with Crippen LogP contribution >= 0.6 is 11.3 Å². The topological polar surface area (TPSA) is 90.0 Å². The minimum atomic E-state index is -0.318. The lowest BCUT2D eigenvalue weighted by Crippen LogP contribution is -2.23. The van der Waals surface area contributed by atoms with Crippen LogP contribution in [0.15, 0.2) is 60.4 Å². The highest BCUT2D eigenvalue weighted by atomic mass is 32.1. The number of nitrogens with one attached hydrogen (secondary N) is 1. The van der Waals surface area contributed by atoms with Crippen molar-refractivity contribution in [1.82, 2.24) is 29.7 Å². The maximum atomic E-state index is 12.4. The van der Waals surface area contributed by atoms with E-state index in [2.05, 4.69) is 25.6 Å². The molecule has 0 fully saturated rings. The van der Waals surface area contributed by atoms with Crippen molar-refractivity contribution in [1.29, 1.82) is 0 Å². The van der Waals surface area contributed by atoms with Crippen LogP contribution in [0.25, 0.3) is 16.0 Å². The van der Waals surface area contributed by atoms with E-state index in [-0.39, 0.29) is 5.91 Å². The van der Waals surface area contributed by atoms with Gasteiger partial charge in [-0.1, -0.05) is 23.5 Å². The second kappa shape index (κ2) is 6.29. The van der Waals surface area contributed by atoms with Gasteiger partial charge in [0, 0.05) is 18.8 Å². The summed E-state index contributed by atoms with van der Waals surface area (Å²) in [6.07, 6.45) is 4.47. The zero-order chi connectivity index (χ0) is 17.2. The van der Waals surface area contributed by atoms with Crippen LogP contribution in [-0.4, -0.2) is 30.2 Å². The van der Waals surface area contributed by atoms with Crippen molar-refractivity contribution < 1.29 is 4.79 Å². The van der Waals surface area contributed by atoms with E-state index in [0.29, 0.717) is 16.2 Å². The molecule has 0 saturated heterocycles. The molecule has 124 valence electrons. The van der Waals surface area contributed by atoms with Gasteiger partial charge in [0.05, 0.1) is 10.2 Å². The Hall–Kier alpha value is -3.33. The summed E-state index contributed by atoms with van der Waals surface area (Å²) in [7, 11) is 1.92. The molecular weight excluding hydrogens is 338 g/mol. The molecule has 4 aromatic rings. The molecule has 1 aromatic carbocycles. The van der Waals surface area contributed by atoms with Crippen molar-refractivity contribution >= 4 is 27.5 Å². The van der Waals surface area contributed by atoms with Gasteiger partial charge in [-0.25, -0.2) is 20.1 Å². The first kappa shape index (κ1) is 15.2. The van der Waals surface area contributed by atoms with E-state index in [0.717, 1.165) is 10.2 Å². The van der Waals surface area contributed by atoms with Gasteiger partial charge in [0.25, 0.3) is 5.91 Å². The summed E-state index contributed by atoms with van der Waals surface area (Å²) < 4.78 is 4.53. The van der Waals surface area contributed by atoms with Crippen LogP contribution in [0.4, 0.5) is 0 Å². The number of carbonyl (C=O) groups is 1. The number of fused-ring (bicyclic) bond motifs is 1. The van der Waals surface area contributed by atoms with Crippen LogP contribution < -0.4 is 10.2 Å². The van der Waals surface area contributed by atoms with Crippen molar-refractivity contribution in [3.05, 3.63) is 65.6 Å². The number of para-hydroxylation sites is 1. The van der Waals surface area contributed by atoms with Gasteiger partial charge < -0.3 is 4.57 Å². The molecule has 0 unspecified atom stereocenters. The molecule has 0 bridgehead atoms. The minimum Gasteiger partial charge on any atom is -0.318 e. The largest absolute Gasteiger partial charge is 0.318 e. The summed E-state index contributed by atoms with van der Waals surface area (Å²) in [4.78, 5) is 21.1. The quantitative estimate of drug-likeness (QED) is 0.566. The standard InChI is InChI=1S/C16H13N7OS/c1-22-12-4-2-3-5-13(12)25-16(22)21-20-15(24)11-6-7-18-14(8-11)23-10-17-9-19-23/h2-10H,1H3,(H,20,24). The van der Waals surface area contributed by atoms with Crippen molar-refractivity contribution in [2.24, 2.45) is 12.1 Å². The van der Waals surface area contributed by atoms with Gasteiger partial charge in [0.1, 0.15) is 12.7 Å². The number of pyridine rings is 1. The molecule has 8 nitrogen and oxygen atoms in total. The number of aryl methyl sites for hydroxylation is 1. The molecule has 0 aliphatic carbocycles. The van der Waals surface area contributed by atoms with E-state index in [1.807, 2.05) is 35.9 Å². The molecule has 3 aromatic heterocycles. The van der Waals surface area contributed by atoms with Gasteiger partial charge in [0.15, 0.2) is 5.82 Å². The predicted molar refractivity (Wildman–Crippen MR) is 93.0 cm³/mol. The molecule has 0 atom stereocenters.